The maximum atomic E-state index is 3.47. The van der Waals surface area contributed by atoms with Crippen molar-refractivity contribution in [3.63, 3.8) is 0 Å². The standard InChI is InChI=1S/C13H21BrN2/c1-15-10-4-5-13(16(2)3)11-6-8-12(14)9-7-11/h6-9,13,15H,4-5,10H2,1-3H3. The number of hydrogen-bond acceptors (Lipinski definition) is 2. The van der Waals surface area contributed by atoms with E-state index in [9.17, 15) is 0 Å². The summed E-state index contributed by atoms with van der Waals surface area (Å²) in [4.78, 5) is 2.29. The molecule has 1 atom stereocenters. The van der Waals surface area contributed by atoms with Crippen LogP contribution in [0.2, 0.25) is 0 Å². The van der Waals surface area contributed by atoms with Gasteiger partial charge in [0.15, 0.2) is 0 Å². The first-order chi connectivity index (χ1) is 7.65. The van der Waals surface area contributed by atoms with E-state index in [4.69, 9.17) is 0 Å². The van der Waals surface area contributed by atoms with Gasteiger partial charge in [0.2, 0.25) is 0 Å². The molecule has 1 N–H and O–H groups in total. The number of nitrogens with one attached hydrogen (secondary N) is 1. The lowest BCUT2D eigenvalue weighted by Crippen LogP contribution is -2.21. The monoisotopic (exact) mass is 284 g/mol. The maximum Gasteiger partial charge on any atom is 0.0342 e. The van der Waals surface area contributed by atoms with E-state index in [0.717, 1.165) is 11.0 Å². The summed E-state index contributed by atoms with van der Waals surface area (Å²) >= 11 is 3.47. The molecule has 0 aromatic heterocycles. The minimum absolute atomic E-state index is 0.515. The highest BCUT2D eigenvalue weighted by molar-refractivity contribution is 9.10. The van der Waals surface area contributed by atoms with Crippen molar-refractivity contribution >= 4 is 15.9 Å². The van der Waals surface area contributed by atoms with Crippen LogP contribution in [0.25, 0.3) is 0 Å². The molecule has 1 rings (SSSR count). The molecule has 0 aliphatic heterocycles. The van der Waals surface area contributed by atoms with Crippen LogP contribution in [0.3, 0.4) is 0 Å². The Morgan fingerprint density at radius 1 is 1.25 bits per heavy atom. The van der Waals surface area contributed by atoms with Gasteiger partial charge in [-0.3, -0.25) is 0 Å². The zero-order chi connectivity index (χ0) is 12.0. The normalized spacial score (nSPS) is 13.1. The van der Waals surface area contributed by atoms with Gasteiger partial charge in [-0.15, -0.1) is 0 Å². The molecule has 0 aliphatic carbocycles. The summed E-state index contributed by atoms with van der Waals surface area (Å²) in [5.74, 6) is 0. The summed E-state index contributed by atoms with van der Waals surface area (Å²) in [5.41, 5.74) is 1.39. The second-order valence-corrected chi connectivity index (χ2v) is 5.19. The number of nitrogens with zero attached hydrogens (tertiary/aromatic N) is 1. The van der Waals surface area contributed by atoms with Gasteiger partial charge in [-0.25, -0.2) is 0 Å². The fraction of sp³-hybridized carbons (Fsp3) is 0.538. The highest BCUT2D eigenvalue weighted by Crippen LogP contribution is 2.24. The van der Waals surface area contributed by atoms with Crippen molar-refractivity contribution in [1.29, 1.82) is 0 Å². The summed E-state index contributed by atoms with van der Waals surface area (Å²) in [6.45, 7) is 1.08. The van der Waals surface area contributed by atoms with Crippen LogP contribution < -0.4 is 5.32 Å². The third-order valence-electron chi connectivity index (χ3n) is 2.78. The van der Waals surface area contributed by atoms with Gasteiger partial charge in [-0.05, 0) is 58.2 Å². The van der Waals surface area contributed by atoms with E-state index in [1.54, 1.807) is 0 Å². The lowest BCUT2D eigenvalue weighted by atomic mass is 10.0. The van der Waals surface area contributed by atoms with E-state index in [-0.39, 0.29) is 0 Å². The Labute approximate surface area is 107 Å². The van der Waals surface area contributed by atoms with Crippen molar-refractivity contribution in [3.8, 4) is 0 Å². The summed E-state index contributed by atoms with van der Waals surface area (Å²) in [5, 5.41) is 3.20. The maximum absolute atomic E-state index is 3.47. The van der Waals surface area contributed by atoms with Crippen LogP contribution in [0, 0.1) is 0 Å². The molecule has 16 heavy (non-hydrogen) atoms. The van der Waals surface area contributed by atoms with Crippen LogP contribution in [-0.4, -0.2) is 32.6 Å². The molecule has 1 aromatic rings. The van der Waals surface area contributed by atoms with Crippen molar-refractivity contribution < 1.29 is 0 Å². The smallest absolute Gasteiger partial charge is 0.0342 e. The van der Waals surface area contributed by atoms with Crippen LogP contribution in [0.5, 0.6) is 0 Å². The van der Waals surface area contributed by atoms with E-state index in [1.807, 2.05) is 7.05 Å². The van der Waals surface area contributed by atoms with Crippen molar-refractivity contribution in [1.82, 2.24) is 10.2 Å². The van der Waals surface area contributed by atoms with Crippen molar-refractivity contribution in [2.24, 2.45) is 0 Å². The summed E-state index contributed by atoms with van der Waals surface area (Å²) < 4.78 is 1.14. The molecule has 0 saturated carbocycles. The zero-order valence-corrected chi connectivity index (χ0v) is 11.9. The molecule has 0 spiro atoms. The third-order valence-corrected chi connectivity index (χ3v) is 3.31. The number of hydrogen-bond donors (Lipinski definition) is 1. The van der Waals surface area contributed by atoms with Crippen LogP contribution in [0.4, 0.5) is 0 Å². The molecule has 0 radical (unpaired) electrons. The molecule has 0 bridgehead atoms. The quantitative estimate of drug-likeness (QED) is 0.808. The predicted molar refractivity (Wildman–Crippen MR) is 73.7 cm³/mol. The molecule has 3 heteroatoms. The fourth-order valence-corrected chi connectivity index (χ4v) is 2.14. The van der Waals surface area contributed by atoms with Crippen LogP contribution in [0.1, 0.15) is 24.4 Å². The topological polar surface area (TPSA) is 15.3 Å². The molecular weight excluding hydrogens is 264 g/mol. The van der Waals surface area contributed by atoms with E-state index in [0.29, 0.717) is 6.04 Å². The van der Waals surface area contributed by atoms with Gasteiger partial charge < -0.3 is 10.2 Å². The molecule has 0 fully saturated rings. The molecule has 90 valence electrons. The minimum atomic E-state index is 0.515. The Morgan fingerprint density at radius 2 is 1.88 bits per heavy atom. The fourth-order valence-electron chi connectivity index (χ4n) is 1.88. The zero-order valence-electron chi connectivity index (χ0n) is 10.3. The van der Waals surface area contributed by atoms with Crippen LogP contribution in [0.15, 0.2) is 28.7 Å². The second-order valence-electron chi connectivity index (χ2n) is 4.28. The number of benzene rings is 1. The number of halogens is 1. The van der Waals surface area contributed by atoms with Crippen LogP contribution >= 0.6 is 15.9 Å². The van der Waals surface area contributed by atoms with Gasteiger partial charge in [-0.2, -0.15) is 0 Å². The summed E-state index contributed by atoms with van der Waals surface area (Å²) in [6.07, 6.45) is 2.39. The van der Waals surface area contributed by atoms with E-state index < -0.39 is 0 Å². The highest BCUT2D eigenvalue weighted by atomic mass is 79.9. The third kappa shape index (κ3) is 4.24. The average molecular weight is 285 g/mol. The lowest BCUT2D eigenvalue weighted by molar-refractivity contribution is 0.279. The number of rotatable bonds is 6. The van der Waals surface area contributed by atoms with Gasteiger partial charge in [0, 0.05) is 10.5 Å². The van der Waals surface area contributed by atoms with Gasteiger partial charge in [0.1, 0.15) is 0 Å². The van der Waals surface area contributed by atoms with Gasteiger partial charge >= 0.3 is 0 Å². The van der Waals surface area contributed by atoms with E-state index in [1.165, 1.54) is 18.4 Å². The Morgan fingerprint density at radius 3 is 2.38 bits per heavy atom. The van der Waals surface area contributed by atoms with E-state index in [2.05, 4.69) is 64.5 Å². The molecule has 0 aliphatic rings. The van der Waals surface area contributed by atoms with Crippen molar-refractivity contribution in [3.05, 3.63) is 34.3 Å². The molecule has 1 aromatic carbocycles. The SMILES string of the molecule is CNCCCC(c1ccc(Br)cc1)N(C)C. The first kappa shape index (κ1) is 13.7. The average Bonchev–Trinajstić information content (AvgIpc) is 2.26. The first-order valence-electron chi connectivity index (χ1n) is 5.71. The molecule has 1 unspecified atom stereocenters. The second kappa shape index (κ2) is 7.05. The minimum Gasteiger partial charge on any atom is -0.320 e. The Bertz CT molecular complexity index is 295. The van der Waals surface area contributed by atoms with Gasteiger partial charge in [0.05, 0.1) is 0 Å². The van der Waals surface area contributed by atoms with E-state index >= 15 is 0 Å². The molecule has 0 saturated heterocycles. The molecular formula is C13H21BrN2. The first-order valence-corrected chi connectivity index (χ1v) is 6.51. The van der Waals surface area contributed by atoms with Gasteiger partial charge in [-0.1, -0.05) is 28.1 Å². The summed E-state index contributed by atoms with van der Waals surface area (Å²) in [6, 6.07) is 9.15. The van der Waals surface area contributed by atoms with Gasteiger partial charge in [0.25, 0.3) is 0 Å². The molecule has 0 amide bonds. The Kier molecular flexibility index (Phi) is 6.03. The van der Waals surface area contributed by atoms with Crippen molar-refractivity contribution in [2.75, 3.05) is 27.7 Å². The largest absolute Gasteiger partial charge is 0.320 e. The molecule has 0 heterocycles. The molecule has 2 nitrogen and oxygen atoms in total. The highest BCUT2D eigenvalue weighted by Gasteiger charge is 2.12. The lowest BCUT2D eigenvalue weighted by Gasteiger charge is -2.24. The Balaban J connectivity index is 2.65. The summed E-state index contributed by atoms with van der Waals surface area (Å²) in [7, 11) is 6.29. The Hall–Kier alpha value is -0.380. The van der Waals surface area contributed by atoms with Crippen LogP contribution in [-0.2, 0) is 0 Å². The van der Waals surface area contributed by atoms with Crippen molar-refractivity contribution in [2.45, 2.75) is 18.9 Å². The predicted octanol–water partition coefficient (Wildman–Crippen LogP) is 3.05.